The molecule has 0 saturated carbocycles. The second kappa shape index (κ2) is 7.42. The fraction of sp³-hybridized carbons (Fsp3) is 0.450. The molecule has 1 fully saturated rings. The van der Waals surface area contributed by atoms with Gasteiger partial charge in [-0.2, -0.15) is 0 Å². The van der Waals surface area contributed by atoms with E-state index in [9.17, 15) is 0 Å². The SMILES string of the molecule is Cc1cc(OCCN2CCOCC2)nn1-c1ccc2c(c1)C=CCC2. The molecule has 0 N–H and O–H groups in total. The second-order valence-electron chi connectivity index (χ2n) is 6.66. The first kappa shape index (κ1) is 16.4. The van der Waals surface area contributed by atoms with Crippen LogP contribution in [0.3, 0.4) is 0 Å². The Morgan fingerprint density at radius 1 is 1.20 bits per heavy atom. The van der Waals surface area contributed by atoms with Gasteiger partial charge in [-0.15, -0.1) is 5.10 Å². The van der Waals surface area contributed by atoms with Crippen molar-refractivity contribution in [2.45, 2.75) is 19.8 Å². The minimum atomic E-state index is 0.656. The summed E-state index contributed by atoms with van der Waals surface area (Å²) < 4.78 is 13.2. The number of benzene rings is 1. The Balaban J connectivity index is 1.42. The summed E-state index contributed by atoms with van der Waals surface area (Å²) in [6.45, 7) is 7.25. The summed E-state index contributed by atoms with van der Waals surface area (Å²) in [5.41, 5.74) is 4.89. The molecule has 1 aromatic carbocycles. The number of ether oxygens (including phenoxy) is 2. The van der Waals surface area contributed by atoms with Gasteiger partial charge in [0.15, 0.2) is 0 Å². The lowest BCUT2D eigenvalue weighted by atomic mass is 9.97. The first-order valence-corrected chi connectivity index (χ1v) is 9.09. The Bertz CT molecular complexity index is 760. The summed E-state index contributed by atoms with van der Waals surface area (Å²) in [6.07, 6.45) is 6.71. The number of morpholine rings is 1. The van der Waals surface area contributed by atoms with Crippen molar-refractivity contribution < 1.29 is 9.47 Å². The number of allylic oxidation sites excluding steroid dienone is 1. The Hall–Kier alpha value is -2.11. The predicted octanol–water partition coefficient (Wildman–Crippen LogP) is 2.85. The van der Waals surface area contributed by atoms with Gasteiger partial charge in [-0.1, -0.05) is 18.2 Å². The molecule has 0 bridgehead atoms. The molecule has 1 aliphatic carbocycles. The summed E-state index contributed by atoms with van der Waals surface area (Å²) in [5.74, 6) is 0.694. The van der Waals surface area contributed by atoms with Gasteiger partial charge in [0.2, 0.25) is 5.88 Å². The smallest absolute Gasteiger partial charge is 0.233 e. The molecule has 1 aliphatic heterocycles. The molecule has 4 rings (SSSR count). The topological polar surface area (TPSA) is 39.5 Å². The molecular formula is C20H25N3O2. The fourth-order valence-corrected chi connectivity index (χ4v) is 3.43. The van der Waals surface area contributed by atoms with Gasteiger partial charge in [0, 0.05) is 31.4 Å². The Morgan fingerprint density at radius 2 is 2.08 bits per heavy atom. The zero-order valence-electron chi connectivity index (χ0n) is 14.8. The summed E-state index contributed by atoms with van der Waals surface area (Å²) in [7, 11) is 0. The predicted molar refractivity (Wildman–Crippen MR) is 98.4 cm³/mol. The van der Waals surface area contributed by atoms with E-state index in [4.69, 9.17) is 9.47 Å². The lowest BCUT2D eigenvalue weighted by Gasteiger charge is -2.26. The van der Waals surface area contributed by atoms with Crippen LogP contribution in [-0.4, -0.2) is 54.1 Å². The molecule has 5 heteroatoms. The highest BCUT2D eigenvalue weighted by Gasteiger charge is 2.12. The van der Waals surface area contributed by atoms with Gasteiger partial charge in [0.25, 0.3) is 0 Å². The Kier molecular flexibility index (Phi) is 4.85. The number of aryl methyl sites for hydroxylation is 2. The van der Waals surface area contributed by atoms with Gasteiger partial charge in [-0.25, -0.2) is 4.68 Å². The molecule has 1 aromatic heterocycles. The van der Waals surface area contributed by atoms with E-state index in [-0.39, 0.29) is 0 Å². The van der Waals surface area contributed by atoms with E-state index >= 15 is 0 Å². The largest absolute Gasteiger partial charge is 0.475 e. The summed E-state index contributed by atoms with van der Waals surface area (Å²) >= 11 is 0. The van der Waals surface area contributed by atoms with E-state index in [1.807, 2.05) is 10.7 Å². The van der Waals surface area contributed by atoms with Gasteiger partial charge < -0.3 is 9.47 Å². The Morgan fingerprint density at radius 3 is 2.96 bits per heavy atom. The molecule has 0 amide bonds. The van der Waals surface area contributed by atoms with Crippen molar-refractivity contribution in [1.29, 1.82) is 0 Å². The first-order valence-electron chi connectivity index (χ1n) is 9.09. The number of hydrogen-bond donors (Lipinski definition) is 0. The third-order valence-corrected chi connectivity index (χ3v) is 4.88. The maximum atomic E-state index is 5.88. The third-order valence-electron chi connectivity index (χ3n) is 4.88. The average Bonchev–Trinajstić information content (AvgIpc) is 3.03. The number of aromatic nitrogens is 2. The van der Waals surface area contributed by atoms with Crippen molar-refractivity contribution in [3.8, 4) is 11.6 Å². The van der Waals surface area contributed by atoms with E-state index in [0.29, 0.717) is 12.5 Å². The minimum absolute atomic E-state index is 0.656. The molecule has 1 saturated heterocycles. The van der Waals surface area contributed by atoms with Crippen molar-refractivity contribution >= 4 is 6.08 Å². The van der Waals surface area contributed by atoms with Gasteiger partial charge in [-0.3, -0.25) is 4.90 Å². The highest BCUT2D eigenvalue weighted by Crippen LogP contribution is 2.24. The minimum Gasteiger partial charge on any atom is -0.475 e. The van der Waals surface area contributed by atoms with Crippen LogP contribution in [0.1, 0.15) is 23.2 Å². The maximum absolute atomic E-state index is 5.88. The second-order valence-corrected chi connectivity index (χ2v) is 6.66. The zero-order valence-corrected chi connectivity index (χ0v) is 14.8. The van der Waals surface area contributed by atoms with Crippen LogP contribution < -0.4 is 4.74 Å². The van der Waals surface area contributed by atoms with Crippen LogP contribution in [0.25, 0.3) is 11.8 Å². The van der Waals surface area contributed by atoms with E-state index in [2.05, 4.69) is 47.3 Å². The fourth-order valence-electron chi connectivity index (χ4n) is 3.43. The average molecular weight is 339 g/mol. The van der Waals surface area contributed by atoms with E-state index in [1.54, 1.807) is 0 Å². The molecule has 2 heterocycles. The molecule has 0 radical (unpaired) electrons. The number of rotatable bonds is 5. The van der Waals surface area contributed by atoms with Crippen LogP contribution in [0.4, 0.5) is 0 Å². The highest BCUT2D eigenvalue weighted by atomic mass is 16.5. The molecule has 0 spiro atoms. The molecule has 2 aliphatic rings. The van der Waals surface area contributed by atoms with Crippen molar-refractivity contribution in [1.82, 2.24) is 14.7 Å². The maximum Gasteiger partial charge on any atom is 0.233 e. The monoisotopic (exact) mass is 339 g/mol. The van der Waals surface area contributed by atoms with Crippen LogP contribution in [0, 0.1) is 6.92 Å². The molecule has 2 aromatic rings. The standard InChI is InChI=1S/C20H25N3O2/c1-16-14-20(25-13-10-22-8-11-24-12-9-22)21-23(16)19-7-6-17-4-2-3-5-18(17)15-19/h3,5-7,14-15H,2,4,8-13H2,1H3. The summed E-state index contributed by atoms with van der Waals surface area (Å²) in [6, 6.07) is 8.58. The van der Waals surface area contributed by atoms with Gasteiger partial charge in [0.1, 0.15) is 6.61 Å². The molecule has 5 nitrogen and oxygen atoms in total. The summed E-state index contributed by atoms with van der Waals surface area (Å²) in [5, 5.41) is 4.64. The molecular weight excluding hydrogens is 314 g/mol. The normalized spacial score (nSPS) is 17.5. The molecule has 0 atom stereocenters. The van der Waals surface area contributed by atoms with E-state index < -0.39 is 0 Å². The molecule has 0 unspecified atom stereocenters. The summed E-state index contributed by atoms with van der Waals surface area (Å²) in [4.78, 5) is 2.36. The van der Waals surface area contributed by atoms with Crippen molar-refractivity contribution in [2.24, 2.45) is 0 Å². The van der Waals surface area contributed by atoms with Crippen LogP contribution in [0.5, 0.6) is 5.88 Å². The van der Waals surface area contributed by atoms with Crippen molar-refractivity contribution in [3.63, 3.8) is 0 Å². The highest BCUT2D eigenvalue weighted by molar-refractivity contribution is 5.59. The zero-order chi connectivity index (χ0) is 17.1. The molecule has 25 heavy (non-hydrogen) atoms. The Labute approximate surface area is 148 Å². The van der Waals surface area contributed by atoms with E-state index in [0.717, 1.165) is 57.1 Å². The van der Waals surface area contributed by atoms with Crippen LogP contribution >= 0.6 is 0 Å². The first-order chi connectivity index (χ1) is 12.3. The lowest BCUT2D eigenvalue weighted by molar-refractivity contribution is 0.0320. The van der Waals surface area contributed by atoms with Gasteiger partial charge >= 0.3 is 0 Å². The van der Waals surface area contributed by atoms with Crippen LogP contribution in [-0.2, 0) is 11.2 Å². The van der Waals surface area contributed by atoms with Crippen LogP contribution in [0.15, 0.2) is 30.3 Å². The third kappa shape index (κ3) is 3.78. The van der Waals surface area contributed by atoms with Crippen molar-refractivity contribution in [3.05, 3.63) is 47.2 Å². The van der Waals surface area contributed by atoms with Gasteiger partial charge in [-0.05, 0) is 43.0 Å². The van der Waals surface area contributed by atoms with Crippen LogP contribution in [0.2, 0.25) is 0 Å². The quantitative estimate of drug-likeness (QED) is 0.840. The van der Waals surface area contributed by atoms with Crippen molar-refractivity contribution in [2.75, 3.05) is 39.5 Å². The number of fused-ring (bicyclic) bond motifs is 1. The van der Waals surface area contributed by atoms with Gasteiger partial charge in [0.05, 0.1) is 18.9 Å². The number of hydrogen-bond acceptors (Lipinski definition) is 4. The lowest BCUT2D eigenvalue weighted by Crippen LogP contribution is -2.38. The number of nitrogens with zero attached hydrogens (tertiary/aromatic N) is 3. The molecule has 132 valence electrons. The van der Waals surface area contributed by atoms with E-state index in [1.165, 1.54) is 11.1 Å².